The molecule has 0 bridgehead atoms. The van der Waals surface area contributed by atoms with E-state index < -0.39 is 6.09 Å². The normalized spacial score (nSPS) is 22.7. The van der Waals surface area contributed by atoms with Gasteiger partial charge in [0.2, 0.25) is 0 Å². The number of carbonyl (C=O) groups excluding carboxylic acids is 1. The number of nitrogens with one attached hydrogen (secondary N) is 1. The van der Waals surface area contributed by atoms with Crippen LogP contribution in [-0.2, 0) is 5.41 Å². The number of rotatable bonds is 4. The number of anilines is 2. The molecule has 1 N–H and O–H groups in total. The van der Waals surface area contributed by atoms with Crippen LogP contribution in [0.25, 0.3) is 0 Å². The standard InChI is InChI=1S/C26H35N3O2/c1-16(2)19-9-8-10-20(17(3)4)23(19)27-25(30)31-18-11-12-22-21(15-18)26(5)13-14-28(6)24(26)29(22)7/h8-12,15-17,24H,13-14H2,1-7H3,(H,27,30)/t24-,26+/m1/s1. The fourth-order valence-corrected chi connectivity index (χ4v) is 5.55. The zero-order valence-corrected chi connectivity index (χ0v) is 19.8. The fourth-order valence-electron chi connectivity index (χ4n) is 5.55. The van der Waals surface area contributed by atoms with E-state index in [0.29, 0.717) is 23.8 Å². The first-order valence-corrected chi connectivity index (χ1v) is 11.3. The van der Waals surface area contributed by atoms with Crippen LogP contribution in [0, 0.1) is 0 Å². The molecule has 0 aromatic heterocycles. The number of para-hydroxylation sites is 1. The number of carbonyl (C=O) groups is 1. The van der Waals surface area contributed by atoms with Crippen LogP contribution in [0.4, 0.5) is 16.2 Å². The molecule has 0 radical (unpaired) electrons. The molecule has 0 unspecified atom stereocenters. The number of likely N-dealkylation sites (tertiary alicyclic amines) is 1. The van der Waals surface area contributed by atoms with Gasteiger partial charge in [-0.3, -0.25) is 10.2 Å². The van der Waals surface area contributed by atoms with Crippen LogP contribution in [0.15, 0.2) is 36.4 Å². The van der Waals surface area contributed by atoms with E-state index in [0.717, 1.165) is 29.8 Å². The maximum absolute atomic E-state index is 12.9. The third-order valence-corrected chi connectivity index (χ3v) is 7.11. The maximum Gasteiger partial charge on any atom is 0.417 e. The first-order chi connectivity index (χ1) is 14.6. The molecule has 1 fully saturated rings. The van der Waals surface area contributed by atoms with E-state index in [2.05, 4.69) is 94.2 Å². The second-order valence-corrected chi connectivity index (χ2v) is 9.95. The lowest BCUT2D eigenvalue weighted by molar-refractivity contribution is 0.215. The van der Waals surface area contributed by atoms with Crippen LogP contribution in [0.5, 0.6) is 5.75 Å². The summed E-state index contributed by atoms with van der Waals surface area (Å²) in [6.07, 6.45) is 1.00. The summed E-state index contributed by atoms with van der Waals surface area (Å²) in [4.78, 5) is 17.7. The van der Waals surface area contributed by atoms with E-state index in [1.165, 1.54) is 11.3 Å². The van der Waals surface area contributed by atoms with Gasteiger partial charge in [-0.1, -0.05) is 52.8 Å². The SMILES string of the molecule is CC(C)c1cccc(C(C)C)c1NC(=O)Oc1ccc2c(c1)[C@]1(C)CCN(C)[C@@H]1N2C. The molecule has 1 saturated heterocycles. The highest BCUT2D eigenvalue weighted by atomic mass is 16.6. The summed E-state index contributed by atoms with van der Waals surface area (Å²) in [5.74, 6) is 1.20. The largest absolute Gasteiger partial charge is 0.417 e. The number of likely N-dealkylation sites (N-methyl/N-ethyl adjacent to an activating group) is 2. The van der Waals surface area contributed by atoms with Gasteiger partial charge >= 0.3 is 6.09 Å². The third kappa shape index (κ3) is 3.59. The van der Waals surface area contributed by atoms with Gasteiger partial charge in [0.1, 0.15) is 5.75 Å². The maximum atomic E-state index is 12.9. The molecule has 2 aromatic carbocycles. The molecule has 0 aliphatic carbocycles. The number of hydrogen-bond acceptors (Lipinski definition) is 4. The molecule has 5 nitrogen and oxygen atoms in total. The summed E-state index contributed by atoms with van der Waals surface area (Å²) in [6, 6.07) is 12.3. The molecule has 5 heteroatoms. The Morgan fingerprint density at radius 1 is 1.10 bits per heavy atom. The molecule has 0 saturated carbocycles. The van der Waals surface area contributed by atoms with Gasteiger partial charge in [0, 0.05) is 24.7 Å². The Labute approximate surface area is 186 Å². The molecule has 2 atom stereocenters. The predicted octanol–water partition coefficient (Wildman–Crippen LogP) is 5.91. The van der Waals surface area contributed by atoms with Crippen molar-refractivity contribution in [1.82, 2.24) is 4.90 Å². The summed E-state index contributed by atoms with van der Waals surface area (Å²) >= 11 is 0. The van der Waals surface area contributed by atoms with E-state index >= 15 is 0 Å². The third-order valence-electron chi connectivity index (χ3n) is 7.11. The van der Waals surface area contributed by atoms with Crippen molar-refractivity contribution >= 4 is 17.5 Å². The summed E-state index contributed by atoms with van der Waals surface area (Å²) < 4.78 is 5.79. The van der Waals surface area contributed by atoms with Crippen molar-refractivity contribution in [2.45, 2.75) is 64.5 Å². The second-order valence-electron chi connectivity index (χ2n) is 9.95. The number of amides is 1. The van der Waals surface area contributed by atoms with E-state index in [4.69, 9.17) is 4.74 Å². The molecule has 2 aliphatic rings. The molecule has 166 valence electrons. The van der Waals surface area contributed by atoms with Gasteiger partial charge in [-0.2, -0.15) is 0 Å². The summed E-state index contributed by atoms with van der Waals surface area (Å²) in [6.45, 7) is 12.0. The number of nitrogens with zero attached hydrogens (tertiary/aromatic N) is 2. The Balaban J connectivity index is 1.59. The Hall–Kier alpha value is -2.53. The lowest BCUT2D eigenvalue weighted by atomic mass is 9.81. The first-order valence-electron chi connectivity index (χ1n) is 11.3. The van der Waals surface area contributed by atoms with Crippen LogP contribution < -0.4 is 15.0 Å². The van der Waals surface area contributed by atoms with E-state index in [9.17, 15) is 4.79 Å². The molecule has 1 amide bonds. The predicted molar refractivity (Wildman–Crippen MR) is 127 cm³/mol. The zero-order chi connectivity index (χ0) is 22.5. The molecule has 0 spiro atoms. The Morgan fingerprint density at radius 2 is 1.74 bits per heavy atom. The number of benzene rings is 2. The average Bonchev–Trinajstić information content (AvgIpc) is 3.13. The van der Waals surface area contributed by atoms with Gasteiger partial charge < -0.3 is 9.64 Å². The molecule has 31 heavy (non-hydrogen) atoms. The second kappa shape index (κ2) is 7.86. The summed E-state index contributed by atoms with van der Waals surface area (Å²) in [5.41, 5.74) is 5.66. The highest BCUT2D eigenvalue weighted by molar-refractivity contribution is 5.89. The van der Waals surface area contributed by atoms with Gasteiger partial charge in [0.15, 0.2) is 0 Å². The van der Waals surface area contributed by atoms with Gasteiger partial charge in [-0.15, -0.1) is 0 Å². The molecular formula is C26H35N3O2. The smallest absolute Gasteiger partial charge is 0.410 e. The Bertz CT molecular complexity index is 974. The number of fused-ring (bicyclic) bond motifs is 3. The van der Waals surface area contributed by atoms with Crippen LogP contribution in [-0.4, -0.2) is 37.8 Å². The van der Waals surface area contributed by atoms with Gasteiger partial charge in [0.05, 0.1) is 11.9 Å². The van der Waals surface area contributed by atoms with Crippen LogP contribution in [0.1, 0.15) is 69.6 Å². The van der Waals surface area contributed by atoms with Crippen molar-refractivity contribution in [3.8, 4) is 5.75 Å². The van der Waals surface area contributed by atoms with Crippen LogP contribution >= 0.6 is 0 Å². The van der Waals surface area contributed by atoms with Gasteiger partial charge in [0.25, 0.3) is 0 Å². The Morgan fingerprint density at radius 3 is 2.35 bits per heavy atom. The van der Waals surface area contributed by atoms with Crippen molar-refractivity contribution in [3.63, 3.8) is 0 Å². The van der Waals surface area contributed by atoms with Crippen molar-refractivity contribution in [3.05, 3.63) is 53.1 Å². The molecule has 2 aliphatic heterocycles. The number of hydrogen-bond donors (Lipinski definition) is 1. The van der Waals surface area contributed by atoms with E-state index in [-0.39, 0.29) is 5.41 Å². The monoisotopic (exact) mass is 421 g/mol. The fraction of sp³-hybridized carbons (Fsp3) is 0.500. The molecule has 4 rings (SSSR count). The van der Waals surface area contributed by atoms with Crippen molar-refractivity contribution < 1.29 is 9.53 Å². The van der Waals surface area contributed by atoms with Crippen LogP contribution in [0.3, 0.4) is 0 Å². The molecule has 2 aromatic rings. The minimum Gasteiger partial charge on any atom is -0.410 e. The van der Waals surface area contributed by atoms with Crippen molar-refractivity contribution in [2.24, 2.45) is 0 Å². The minimum atomic E-state index is -0.438. The topological polar surface area (TPSA) is 44.8 Å². The Kier molecular flexibility index (Phi) is 5.50. The highest BCUT2D eigenvalue weighted by Gasteiger charge is 2.52. The van der Waals surface area contributed by atoms with Gasteiger partial charge in [-0.25, -0.2) is 4.79 Å². The molecule has 2 heterocycles. The summed E-state index contributed by atoms with van der Waals surface area (Å²) in [5, 5.41) is 3.05. The van der Waals surface area contributed by atoms with Crippen molar-refractivity contribution in [1.29, 1.82) is 0 Å². The van der Waals surface area contributed by atoms with Crippen molar-refractivity contribution in [2.75, 3.05) is 30.9 Å². The number of ether oxygens (including phenoxy) is 1. The highest BCUT2D eigenvalue weighted by Crippen LogP contribution is 2.51. The lowest BCUT2D eigenvalue weighted by Crippen LogP contribution is -2.45. The lowest BCUT2D eigenvalue weighted by Gasteiger charge is -2.32. The summed E-state index contributed by atoms with van der Waals surface area (Å²) in [7, 11) is 4.34. The van der Waals surface area contributed by atoms with Gasteiger partial charge in [-0.05, 0) is 60.2 Å². The minimum absolute atomic E-state index is 0.0454. The quantitative estimate of drug-likeness (QED) is 0.666. The average molecular weight is 422 g/mol. The van der Waals surface area contributed by atoms with E-state index in [1.807, 2.05) is 6.07 Å². The first kappa shape index (κ1) is 21.7. The molecular weight excluding hydrogens is 386 g/mol. The van der Waals surface area contributed by atoms with E-state index in [1.54, 1.807) is 0 Å². The van der Waals surface area contributed by atoms with Crippen LogP contribution in [0.2, 0.25) is 0 Å². The zero-order valence-electron chi connectivity index (χ0n) is 19.8.